The lowest BCUT2D eigenvalue weighted by Crippen LogP contribution is -2.44. The summed E-state index contributed by atoms with van der Waals surface area (Å²) in [5.41, 5.74) is 6.90. The molecule has 1 aromatic carbocycles. The van der Waals surface area contributed by atoms with Gasteiger partial charge in [0.2, 0.25) is 0 Å². The number of hydrogen-bond acceptors (Lipinski definition) is 8. The Bertz CT molecular complexity index is 885. The Hall–Kier alpha value is -2.30. The van der Waals surface area contributed by atoms with Gasteiger partial charge in [0.05, 0.1) is 39.0 Å². The van der Waals surface area contributed by atoms with Crippen molar-refractivity contribution in [3.63, 3.8) is 0 Å². The van der Waals surface area contributed by atoms with E-state index in [9.17, 15) is 14.4 Å². The highest BCUT2D eigenvalue weighted by Crippen LogP contribution is 2.42. The number of benzene rings is 1. The summed E-state index contributed by atoms with van der Waals surface area (Å²) in [7, 11) is 1.99. The number of rotatable bonds is 12. The van der Waals surface area contributed by atoms with Crippen LogP contribution in [-0.2, 0) is 14.3 Å². The minimum Gasteiger partial charge on any atom is -0.493 e. The fourth-order valence-electron chi connectivity index (χ4n) is 4.22. The van der Waals surface area contributed by atoms with Gasteiger partial charge in [-0.1, -0.05) is 13.8 Å². The van der Waals surface area contributed by atoms with Gasteiger partial charge in [0.25, 0.3) is 5.91 Å². The van der Waals surface area contributed by atoms with Gasteiger partial charge in [0.1, 0.15) is 0 Å². The summed E-state index contributed by atoms with van der Waals surface area (Å²) in [6.45, 7) is 8.98. The molecule has 1 aliphatic heterocycles. The van der Waals surface area contributed by atoms with Crippen molar-refractivity contribution in [2.45, 2.75) is 76.2 Å². The normalized spacial score (nSPS) is 18.5. The summed E-state index contributed by atoms with van der Waals surface area (Å²) in [5.74, 6) is 0.440. The average Bonchev–Trinajstić information content (AvgIpc) is 3.21. The largest absolute Gasteiger partial charge is 0.493 e. The van der Waals surface area contributed by atoms with E-state index in [2.05, 4.69) is 13.8 Å². The topological polar surface area (TPSA) is 121 Å². The summed E-state index contributed by atoms with van der Waals surface area (Å²) in [6, 6.07) is 3.04. The van der Waals surface area contributed by atoms with E-state index >= 15 is 0 Å². The number of amides is 1. The summed E-state index contributed by atoms with van der Waals surface area (Å²) < 4.78 is 21.5. The van der Waals surface area contributed by atoms with Crippen LogP contribution in [0.25, 0.3) is 0 Å². The van der Waals surface area contributed by atoms with E-state index in [-0.39, 0.29) is 35.5 Å². The van der Waals surface area contributed by atoms with Gasteiger partial charge in [-0.2, -0.15) is 0 Å². The summed E-state index contributed by atoms with van der Waals surface area (Å²) in [4.78, 5) is 37.7. The monoisotopic (exact) mass is 510 g/mol. The van der Waals surface area contributed by atoms with Crippen LogP contribution in [0, 0.1) is 0 Å². The molecule has 0 unspecified atom stereocenters. The van der Waals surface area contributed by atoms with Crippen molar-refractivity contribution in [2.24, 2.45) is 0 Å². The van der Waals surface area contributed by atoms with E-state index in [1.807, 2.05) is 18.0 Å². The molecule has 1 heterocycles. The highest BCUT2D eigenvalue weighted by molar-refractivity contribution is 6.72. The molecule has 1 saturated heterocycles. The molecule has 0 radical (unpaired) electrons. The standard InChI is InChI=1S/C25H42N2O7Si/c1-25(2,35(6,7)30)12-10-19-20(34-14-8-9-23(28)33-5)11-13-27(19)24(29)17-15-21(31-3)22(32-4)16-18(17)26/h15-16,19-20,30H,8-14,26H2,1-7H3/t19-,20+/m1/s1. The van der Waals surface area contributed by atoms with E-state index in [1.54, 1.807) is 12.1 Å². The van der Waals surface area contributed by atoms with Gasteiger partial charge < -0.3 is 34.4 Å². The highest BCUT2D eigenvalue weighted by atomic mass is 28.4. The van der Waals surface area contributed by atoms with Gasteiger partial charge >= 0.3 is 5.97 Å². The molecule has 9 nitrogen and oxygen atoms in total. The van der Waals surface area contributed by atoms with Crippen molar-refractivity contribution >= 4 is 25.9 Å². The quantitative estimate of drug-likeness (QED) is 0.189. The second-order valence-electron chi connectivity index (χ2n) is 10.2. The molecule has 1 fully saturated rings. The molecule has 198 valence electrons. The number of esters is 1. The van der Waals surface area contributed by atoms with Crippen molar-refractivity contribution < 1.29 is 33.3 Å². The zero-order valence-corrected chi connectivity index (χ0v) is 23.2. The Kier molecular flexibility index (Phi) is 10.00. The van der Waals surface area contributed by atoms with Crippen LogP contribution in [0.4, 0.5) is 5.69 Å². The molecule has 1 aliphatic rings. The first-order chi connectivity index (χ1) is 16.4. The Balaban J connectivity index is 2.25. The smallest absolute Gasteiger partial charge is 0.305 e. The molecule has 0 spiro atoms. The van der Waals surface area contributed by atoms with Crippen LogP contribution in [0.2, 0.25) is 18.1 Å². The first-order valence-corrected chi connectivity index (χ1v) is 15.0. The molecule has 1 amide bonds. The molecule has 2 rings (SSSR count). The number of nitrogens with two attached hydrogens (primary N) is 1. The second-order valence-corrected chi connectivity index (χ2v) is 14.7. The van der Waals surface area contributed by atoms with E-state index in [4.69, 9.17) is 24.7 Å². The number of likely N-dealkylation sites (tertiary alicyclic amines) is 1. The van der Waals surface area contributed by atoms with Crippen LogP contribution in [0.3, 0.4) is 0 Å². The van der Waals surface area contributed by atoms with Crippen LogP contribution in [-0.4, -0.2) is 76.5 Å². The number of hydrogen-bond donors (Lipinski definition) is 2. The molecule has 35 heavy (non-hydrogen) atoms. The third kappa shape index (κ3) is 7.11. The number of ether oxygens (including phenoxy) is 4. The number of methoxy groups -OCH3 is 3. The van der Waals surface area contributed by atoms with Crippen LogP contribution in [0.1, 0.15) is 56.3 Å². The van der Waals surface area contributed by atoms with E-state index in [0.29, 0.717) is 55.2 Å². The molecule has 1 aromatic rings. The predicted molar refractivity (Wildman–Crippen MR) is 137 cm³/mol. The van der Waals surface area contributed by atoms with E-state index in [1.165, 1.54) is 21.3 Å². The molecule has 10 heteroatoms. The first kappa shape index (κ1) is 28.9. The maximum absolute atomic E-state index is 13.7. The van der Waals surface area contributed by atoms with Crippen molar-refractivity contribution in [3.8, 4) is 11.5 Å². The second kappa shape index (κ2) is 12.1. The third-order valence-electron chi connectivity index (χ3n) is 7.34. The SMILES string of the molecule is COC(=O)CCCO[C@H]1CCN(C(=O)c2cc(OC)c(OC)cc2N)[C@@H]1CCC(C)(C)[Si](C)(C)O. The molecular formula is C25H42N2O7Si. The number of carbonyl (C=O) groups excluding carboxylic acids is 2. The Morgan fingerprint density at radius 2 is 1.80 bits per heavy atom. The van der Waals surface area contributed by atoms with Crippen molar-refractivity contribution in [1.82, 2.24) is 4.90 Å². The van der Waals surface area contributed by atoms with Crippen molar-refractivity contribution in [2.75, 3.05) is 40.2 Å². The molecule has 0 bridgehead atoms. The number of anilines is 1. The molecule has 3 N–H and O–H groups in total. The van der Waals surface area contributed by atoms with Gasteiger partial charge in [0.15, 0.2) is 19.8 Å². The van der Waals surface area contributed by atoms with E-state index in [0.717, 1.165) is 6.42 Å². The van der Waals surface area contributed by atoms with Gasteiger partial charge in [-0.25, -0.2) is 0 Å². The fourth-order valence-corrected chi connectivity index (χ4v) is 4.97. The van der Waals surface area contributed by atoms with Gasteiger partial charge in [0, 0.05) is 31.3 Å². The van der Waals surface area contributed by atoms with Gasteiger partial charge in [-0.15, -0.1) is 0 Å². The summed E-state index contributed by atoms with van der Waals surface area (Å²) >= 11 is 0. The number of nitrogens with zero attached hydrogens (tertiary/aromatic N) is 1. The number of nitrogen functional groups attached to an aromatic ring is 1. The fraction of sp³-hybridized carbons (Fsp3) is 0.680. The van der Waals surface area contributed by atoms with Crippen molar-refractivity contribution in [3.05, 3.63) is 17.7 Å². The van der Waals surface area contributed by atoms with Crippen molar-refractivity contribution in [1.29, 1.82) is 0 Å². The Morgan fingerprint density at radius 1 is 1.17 bits per heavy atom. The third-order valence-corrected chi connectivity index (χ3v) is 10.9. The average molecular weight is 511 g/mol. The number of carbonyl (C=O) groups is 2. The Morgan fingerprint density at radius 3 is 2.37 bits per heavy atom. The van der Waals surface area contributed by atoms with Gasteiger partial charge in [-0.3, -0.25) is 9.59 Å². The molecular weight excluding hydrogens is 468 g/mol. The zero-order valence-electron chi connectivity index (χ0n) is 22.2. The predicted octanol–water partition coefficient (Wildman–Crippen LogP) is 3.60. The lowest BCUT2D eigenvalue weighted by molar-refractivity contribution is -0.141. The van der Waals surface area contributed by atoms with Crippen LogP contribution in [0.5, 0.6) is 11.5 Å². The van der Waals surface area contributed by atoms with Crippen LogP contribution >= 0.6 is 0 Å². The summed E-state index contributed by atoms with van der Waals surface area (Å²) in [5, 5.41) is -0.234. The first-order valence-electron chi connectivity index (χ1n) is 12.1. The summed E-state index contributed by atoms with van der Waals surface area (Å²) in [6.07, 6.45) is 2.79. The van der Waals surface area contributed by atoms with E-state index < -0.39 is 8.32 Å². The maximum Gasteiger partial charge on any atom is 0.305 e. The molecule has 0 saturated carbocycles. The minimum atomic E-state index is -2.42. The molecule has 0 aromatic heterocycles. The maximum atomic E-state index is 13.7. The molecule has 2 atom stereocenters. The molecule has 0 aliphatic carbocycles. The zero-order chi connectivity index (χ0) is 26.4. The lowest BCUT2D eigenvalue weighted by Gasteiger charge is -2.37. The van der Waals surface area contributed by atoms with Crippen LogP contribution < -0.4 is 15.2 Å². The highest BCUT2D eigenvalue weighted by Gasteiger charge is 2.43. The van der Waals surface area contributed by atoms with Crippen LogP contribution in [0.15, 0.2) is 12.1 Å². The Labute approximate surface area is 210 Å². The lowest BCUT2D eigenvalue weighted by atomic mass is 9.98. The van der Waals surface area contributed by atoms with Gasteiger partial charge in [-0.05, 0) is 49.9 Å². The minimum absolute atomic E-state index is 0.169.